The molecule has 34 heavy (non-hydrogen) atoms. The standard InChI is InChI=1S/C24H16Cl2FN5OS/c1-34(33)31-21-8-15(11-30-24(21)26)13-2-3-20-17(6-13)23(16(10-28)12-29-20)32-5-4-14-7-19(27)18(25)9-22(14)32/h2-3,6-9,11-12,31H,4-5H2,1H3. The largest absolute Gasteiger partial charge is 0.339 e. The molecule has 3 heterocycles. The maximum Gasteiger partial charge on any atom is 0.153 e. The molecule has 1 aliphatic heterocycles. The Bertz CT molecular complexity index is 1540. The lowest BCUT2D eigenvalue weighted by molar-refractivity contribution is 0.627. The van der Waals surface area contributed by atoms with Crippen LogP contribution in [-0.4, -0.2) is 27.0 Å². The quantitative estimate of drug-likeness (QED) is 0.339. The van der Waals surface area contributed by atoms with Gasteiger partial charge in [-0.3, -0.25) is 4.98 Å². The highest BCUT2D eigenvalue weighted by Gasteiger charge is 2.26. The topological polar surface area (TPSA) is 81.9 Å². The summed E-state index contributed by atoms with van der Waals surface area (Å²) in [5.41, 5.74) is 5.41. The van der Waals surface area contributed by atoms with Gasteiger partial charge in [-0.1, -0.05) is 29.3 Å². The van der Waals surface area contributed by atoms with Crippen molar-refractivity contribution < 1.29 is 8.60 Å². The van der Waals surface area contributed by atoms with Gasteiger partial charge in [0.2, 0.25) is 0 Å². The molecule has 0 saturated heterocycles. The first-order valence-electron chi connectivity index (χ1n) is 10.2. The Morgan fingerprint density at radius 2 is 1.97 bits per heavy atom. The molecule has 1 unspecified atom stereocenters. The minimum absolute atomic E-state index is 0.0313. The van der Waals surface area contributed by atoms with Crippen molar-refractivity contribution in [1.29, 1.82) is 5.26 Å². The number of pyridine rings is 2. The first-order valence-corrected chi connectivity index (χ1v) is 12.5. The Kier molecular flexibility index (Phi) is 5.86. The van der Waals surface area contributed by atoms with Crippen LogP contribution in [-0.2, 0) is 17.4 Å². The van der Waals surface area contributed by atoms with Gasteiger partial charge in [-0.2, -0.15) is 5.26 Å². The lowest BCUT2D eigenvalue weighted by Gasteiger charge is -2.23. The van der Waals surface area contributed by atoms with E-state index in [4.69, 9.17) is 23.2 Å². The predicted molar refractivity (Wildman–Crippen MR) is 135 cm³/mol. The number of aromatic nitrogens is 2. The molecule has 4 aromatic rings. The fourth-order valence-electron chi connectivity index (χ4n) is 4.18. The first-order chi connectivity index (χ1) is 16.4. The van der Waals surface area contributed by atoms with E-state index in [2.05, 4.69) is 20.8 Å². The van der Waals surface area contributed by atoms with E-state index in [1.165, 1.54) is 12.3 Å². The summed E-state index contributed by atoms with van der Waals surface area (Å²) >= 11 is 12.2. The van der Waals surface area contributed by atoms with Crippen LogP contribution >= 0.6 is 23.2 Å². The van der Waals surface area contributed by atoms with Crippen LogP contribution in [0.5, 0.6) is 0 Å². The fourth-order valence-corrected chi connectivity index (χ4v) is 5.01. The molecule has 2 aromatic carbocycles. The van der Waals surface area contributed by atoms with Crippen LogP contribution in [0.2, 0.25) is 10.2 Å². The van der Waals surface area contributed by atoms with E-state index < -0.39 is 16.8 Å². The zero-order chi connectivity index (χ0) is 24.0. The SMILES string of the molecule is CS(=O)Nc1cc(-c2ccc3ncc(C#N)c(N4CCc5cc(F)c(Cl)cc54)c3c2)cnc1Cl. The average Bonchev–Trinajstić information content (AvgIpc) is 3.21. The second-order valence-electron chi connectivity index (χ2n) is 7.78. The molecule has 0 amide bonds. The smallest absolute Gasteiger partial charge is 0.153 e. The van der Waals surface area contributed by atoms with Crippen LogP contribution in [0.3, 0.4) is 0 Å². The summed E-state index contributed by atoms with van der Waals surface area (Å²) in [4.78, 5) is 10.6. The number of fused-ring (bicyclic) bond motifs is 2. The first kappa shape index (κ1) is 22.5. The van der Waals surface area contributed by atoms with Gasteiger partial charge in [-0.05, 0) is 47.9 Å². The average molecular weight is 512 g/mol. The Morgan fingerprint density at radius 1 is 1.15 bits per heavy atom. The van der Waals surface area contributed by atoms with Crippen molar-refractivity contribution in [3.63, 3.8) is 0 Å². The van der Waals surface area contributed by atoms with E-state index in [0.717, 1.165) is 27.8 Å². The Morgan fingerprint density at radius 3 is 2.74 bits per heavy atom. The maximum absolute atomic E-state index is 14.0. The Labute approximate surface area is 207 Å². The van der Waals surface area contributed by atoms with Gasteiger partial charge in [0.25, 0.3) is 0 Å². The molecule has 0 radical (unpaired) electrons. The van der Waals surface area contributed by atoms with Gasteiger partial charge in [-0.15, -0.1) is 0 Å². The normalized spacial score (nSPS) is 13.6. The maximum atomic E-state index is 14.0. The van der Waals surface area contributed by atoms with Crippen molar-refractivity contribution in [2.75, 3.05) is 22.4 Å². The van der Waals surface area contributed by atoms with Gasteiger partial charge >= 0.3 is 0 Å². The molecule has 0 saturated carbocycles. The van der Waals surface area contributed by atoms with E-state index in [0.29, 0.717) is 35.4 Å². The van der Waals surface area contributed by atoms with Crippen LogP contribution in [0, 0.1) is 17.1 Å². The summed E-state index contributed by atoms with van der Waals surface area (Å²) in [7, 11) is -1.31. The van der Waals surface area contributed by atoms with Crippen molar-refractivity contribution >= 4 is 62.2 Å². The second-order valence-corrected chi connectivity index (χ2v) is 9.66. The number of nitrogens with one attached hydrogen (secondary N) is 1. The van der Waals surface area contributed by atoms with Gasteiger partial charge in [-0.25, -0.2) is 13.6 Å². The summed E-state index contributed by atoms with van der Waals surface area (Å²) in [6.45, 7) is 0.575. The molecule has 6 nitrogen and oxygen atoms in total. The Balaban J connectivity index is 1.69. The zero-order valence-corrected chi connectivity index (χ0v) is 20.1. The third-order valence-corrected chi connectivity index (χ3v) is 6.77. The number of benzene rings is 2. The van der Waals surface area contributed by atoms with Gasteiger partial charge < -0.3 is 9.62 Å². The number of halogens is 3. The molecule has 2 aromatic heterocycles. The molecule has 1 aliphatic rings. The van der Waals surface area contributed by atoms with E-state index in [1.54, 1.807) is 24.5 Å². The van der Waals surface area contributed by atoms with Gasteiger partial charge in [0.1, 0.15) is 22.9 Å². The molecule has 0 bridgehead atoms. The zero-order valence-electron chi connectivity index (χ0n) is 17.8. The summed E-state index contributed by atoms with van der Waals surface area (Å²) in [5, 5.41) is 10.9. The molecule has 0 fully saturated rings. The highest BCUT2D eigenvalue weighted by atomic mass is 35.5. The highest BCUT2D eigenvalue weighted by Crippen LogP contribution is 2.42. The molecule has 5 rings (SSSR count). The van der Waals surface area contributed by atoms with Crippen molar-refractivity contribution in [3.8, 4) is 17.2 Å². The Hall–Kier alpha value is -3.25. The van der Waals surface area contributed by atoms with Crippen LogP contribution in [0.4, 0.5) is 21.5 Å². The number of hydrogen-bond acceptors (Lipinski definition) is 5. The van der Waals surface area contributed by atoms with Crippen LogP contribution in [0.25, 0.3) is 22.0 Å². The van der Waals surface area contributed by atoms with Crippen LogP contribution in [0.15, 0.2) is 48.8 Å². The van der Waals surface area contributed by atoms with Gasteiger partial charge in [0.05, 0.1) is 27.5 Å². The van der Waals surface area contributed by atoms with E-state index in [1.807, 2.05) is 23.1 Å². The minimum atomic E-state index is -1.31. The summed E-state index contributed by atoms with van der Waals surface area (Å²) in [6.07, 6.45) is 5.31. The molecule has 0 aliphatic carbocycles. The van der Waals surface area contributed by atoms with Crippen molar-refractivity contribution in [2.24, 2.45) is 0 Å². The summed E-state index contributed by atoms with van der Waals surface area (Å²) in [6, 6.07) is 12.7. The van der Waals surface area contributed by atoms with Crippen LogP contribution < -0.4 is 9.62 Å². The van der Waals surface area contributed by atoms with E-state index >= 15 is 0 Å². The van der Waals surface area contributed by atoms with E-state index in [-0.39, 0.29) is 10.2 Å². The molecule has 10 heteroatoms. The molecule has 1 atom stereocenters. The van der Waals surface area contributed by atoms with E-state index in [9.17, 15) is 13.9 Å². The monoisotopic (exact) mass is 511 g/mol. The molecular formula is C24H16Cl2FN5OS. The number of hydrogen-bond donors (Lipinski definition) is 1. The van der Waals surface area contributed by atoms with Crippen molar-refractivity contribution in [2.45, 2.75) is 6.42 Å². The molecule has 170 valence electrons. The third-order valence-electron chi connectivity index (χ3n) is 5.67. The number of anilines is 3. The number of nitrogens with zero attached hydrogens (tertiary/aromatic N) is 4. The molecular weight excluding hydrogens is 496 g/mol. The van der Waals surface area contributed by atoms with Crippen LogP contribution in [0.1, 0.15) is 11.1 Å². The number of nitriles is 1. The second kappa shape index (κ2) is 8.84. The van der Waals surface area contributed by atoms with Gasteiger partial charge in [0, 0.05) is 41.8 Å². The lowest BCUT2D eigenvalue weighted by atomic mass is 10.0. The predicted octanol–water partition coefficient (Wildman–Crippen LogP) is 6.01. The molecule has 0 spiro atoms. The van der Waals surface area contributed by atoms with Gasteiger partial charge in [0.15, 0.2) is 5.15 Å². The molecule has 1 N–H and O–H groups in total. The summed E-state index contributed by atoms with van der Waals surface area (Å²) in [5.74, 6) is -0.461. The van der Waals surface area contributed by atoms with Crippen molar-refractivity contribution in [1.82, 2.24) is 9.97 Å². The summed E-state index contributed by atoms with van der Waals surface area (Å²) < 4.78 is 28.4. The third kappa shape index (κ3) is 3.96. The minimum Gasteiger partial charge on any atom is -0.339 e. The number of rotatable bonds is 4. The lowest BCUT2D eigenvalue weighted by Crippen LogP contribution is -2.15. The highest BCUT2D eigenvalue weighted by molar-refractivity contribution is 7.85. The van der Waals surface area contributed by atoms with Crippen molar-refractivity contribution in [3.05, 3.63) is 75.9 Å². The fraction of sp³-hybridized carbons (Fsp3) is 0.125.